The van der Waals surface area contributed by atoms with Crippen LogP contribution in [-0.2, 0) is 0 Å². The summed E-state index contributed by atoms with van der Waals surface area (Å²) in [7, 11) is 0. The smallest absolute Gasteiger partial charge is 0.00699 e. The van der Waals surface area contributed by atoms with Crippen molar-refractivity contribution in [2.45, 2.75) is 38.1 Å². The lowest BCUT2D eigenvalue weighted by Gasteiger charge is -2.11. The molecule has 0 radical (unpaired) electrons. The van der Waals surface area contributed by atoms with Crippen molar-refractivity contribution in [1.29, 1.82) is 0 Å². The molecule has 0 unspecified atom stereocenters. The highest BCUT2D eigenvalue weighted by molar-refractivity contribution is 4.91. The van der Waals surface area contributed by atoms with Crippen molar-refractivity contribution in [1.82, 2.24) is 0 Å². The molecular weight excluding hydrogens is 110 g/mol. The molecule has 52 valence electrons. The van der Waals surface area contributed by atoms with Crippen LogP contribution in [0.2, 0.25) is 0 Å². The normalized spacial score (nSPS) is 49.7. The standard InChI is InChI=1S/C8H15N/c9-8-5-4-6-2-1-3-7(6)8/h6-8H,1-5,9H2/t6-,7-,8-/m0/s1. The number of hydrogen-bond donors (Lipinski definition) is 1. The summed E-state index contributed by atoms with van der Waals surface area (Å²) in [6.45, 7) is 0. The molecule has 9 heavy (non-hydrogen) atoms. The Morgan fingerprint density at radius 1 is 1.00 bits per heavy atom. The predicted molar refractivity (Wildman–Crippen MR) is 38.0 cm³/mol. The van der Waals surface area contributed by atoms with Crippen LogP contribution in [0.3, 0.4) is 0 Å². The first kappa shape index (κ1) is 5.72. The third-order valence-corrected chi connectivity index (χ3v) is 3.14. The minimum Gasteiger partial charge on any atom is -0.327 e. The maximum atomic E-state index is 5.92. The summed E-state index contributed by atoms with van der Waals surface area (Å²) in [6.07, 6.45) is 7.06. The molecule has 0 aromatic heterocycles. The van der Waals surface area contributed by atoms with Gasteiger partial charge in [-0.15, -0.1) is 0 Å². The Bertz CT molecular complexity index is 111. The molecule has 1 heteroatoms. The second kappa shape index (κ2) is 1.98. The van der Waals surface area contributed by atoms with Crippen LogP contribution in [0.1, 0.15) is 32.1 Å². The summed E-state index contributed by atoms with van der Waals surface area (Å²) in [5, 5.41) is 0. The maximum absolute atomic E-state index is 5.92. The van der Waals surface area contributed by atoms with Gasteiger partial charge in [0.2, 0.25) is 0 Å². The molecule has 2 saturated carbocycles. The molecule has 0 bridgehead atoms. The van der Waals surface area contributed by atoms with E-state index >= 15 is 0 Å². The average Bonchev–Trinajstić information content (AvgIpc) is 2.35. The van der Waals surface area contributed by atoms with Gasteiger partial charge in [0, 0.05) is 6.04 Å². The molecule has 2 aliphatic rings. The van der Waals surface area contributed by atoms with Crippen LogP contribution in [0.15, 0.2) is 0 Å². The van der Waals surface area contributed by atoms with E-state index in [1.807, 2.05) is 0 Å². The van der Waals surface area contributed by atoms with E-state index in [4.69, 9.17) is 5.73 Å². The van der Waals surface area contributed by atoms with Crippen molar-refractivity contribution in [3.63, 3.8) is 0 Å². The van der Waals surface area contributed by atoms with E-state index in [-0.39, 0.29) is 0 Å². The largest absolute Gasteiger partial charge is 0.327 e. The Morgan fingerprint density at radius 2 is 1.89 bits per heavy atom. The quantitative estimate of drug-likeness (QED) is 0.522. The van der Waals surface area contributed by atoms with Gasteiger partial charge in [0.05, 0.1) is 0 Å². The highest BCUT2D eigenvalue weighted by Crippen LogP contribution is 2.42. The first-order chi connectivity index (χ1) is 4.38. The second-order valence-corrected chi connectivity index (χ2v) is 3.60. The Kier molecular flexibility index (Phi) is 1.26. The fraction of sp³-hybridized carbons (Fsp3) is 1.00. The van der Waals surface area contributed by atoms with Gasteiger partial charge in [-0.25, -0.2) is 0 Å². The lowest BCUT2D eigenvalue weighted by atomic mass is 9.98. The van der Waals surface area contributed by atoms with Crippen molar-refractivity contribution in [3.05, 3.63) is 0 Å². The molecule has 1 nitrogen and oxygen atoms in total. The Morgan fingerprint density at radius 3 is 2.67 bits per heavy atom. The van der Waals surface area contributed by atoms with Gasteiger partial charge in [-0.3, -0.25) is 0 Å². The van der Waals surface area contributed by atoms with Gasteiger partial charge in [-0.05, 0) is 31.1 Å². The van der Waals surface area contributed by atoms with Crippen LogP contribution in [0, 0.1) is 11.8 Å². The van der Waals surface area contributed by atoms with Crippen LogP contribution in [-0.4, -0.2) is 6.04 Å². The Labute approximate surface area is 56.6 Å². The Balaban J connectivity index is 2.07. The van der Waals surface area contributed by atoms with Crippen molar-refractivity contribution in [2.24, 2.45) is 17.6 Å². The number of nitrogens with two attached hydrogens (primary N) is 1. The number of fused-ring (bicyclic) bond motifs is 1. The van der Waals surface area contributed by atoms with E-state index in [1.54, 1.807) is 0 Å². The van der Waals surface area contributed by atoms with Gasteiger partial charge in [0.15, 0.2) is 0 Å². The first-order valence-electron chi connectivity index (χ1n) is 4.13. The minimum atomic E-state index is 0.567. The van der Waals surface area contributed by atoms with E-state index in [0.29, 0.717) is 6.04 Å². The molecule has 2 aliphatic carbocycles. The topological polar surface area (TPSA) is 26.0 Å². The van der Waals surface area contributed by atoms with Gasteiger partial charge in [0.25, 0.3) is 0 Å². The molecule has 0 spiro atoms. The van der Waals surface area contributed by atoms with Crippen LogP contribution in [0.25, 0.3) is 0 Å². The fourth-order valence-electron chi connectivity index (χ4n) is 2.61. The summed E-state index contributed by atoms with van der Waals surface area (Å²) in [5.74, 6) is 1.95. The van der Waals surface area contributed by atoms with Gasteiger partial charge in [-0.2, -0.15) is 0 Å². The van der Waals surface area contributed by atoms with Crippen LogP contribution < -0.4 is 5.73 Å². The zero-order chi connectivity index (χ0) is 6.27. The van der Waals surface area contributed by atoms with Crippen molar-refractivity contribution in [2.75, 3.05) is 0 Å². The van der Waals surface area contributed by atoms with Crippen molar-refractivity contribution >= 4 is 0 Å². The van der Waals surface area contributed by atoms with E-state index in [9.17, 15) is 0 Å². The number of rotatable bonds is 0. The van der Waals surface area contributed by atoms with Crippen molar-refractivity contribution in [3.8, 4) is 0 Å². The predicted octanol–water partition coefficient (Wildman–Crippen LogP) is 1.52. The third-order valence-electron chi connectivity index (χ3n) is 3.14. The van der Waals surface area contributed by atoms with Gasteiger partial charge in [-0.1, -0.05) is 12.8 Å². The molecule has 0 aliphatic heterocycles. The molecule has 0 amide bonds. The molecule has 3 atom stereocenters. The van der Waals surface area contributed by atoms with E-state index in [0.717, 1.165) is 11.8 Å². The van der Waals surface area contributed by atoms with Gasteiger partial charge >= 0.3 is 0 Å². The molecule has 0 heterocycles. The molecular formula is C8H15N. The van der Waals surface area contributed by atoms with E-state index < -0.39 is 0 Å². The van der Waals surface area contributed by atoms with Crippen molar-refractivity contribution < 1.29 is 0 Å². The van der Waals surface area contributed by atoms with Crippen LogP contribution in [0.4, 0.5) is 0 Å². The minimum absolute atomic E-state index is 0.567. The lowest BCUT2D eigenvalue weighted by Crippen LogP contribution is -2.24. The summed E-state index contributed by atoms with van der Waals surface area (Å²) < 4.78 is 0. The molecule has 0 saturated heterocycles. The second-order valence-electron chi connectivity index (χ2n) is 3.60. The van der Waals surface area contributed by atoms with Crippen LogP contribution in [0.5, 0.6) is 0 Å². The average molecular weight is 125 g/mol. The molecule has 0 aromatic rings. The Hall–Kier alpha value is -0.0400. The fourth-order valence-corrected chi connectivity index (χ4v) is 2.61. The van der Waals surface area contributed by atoms with Crippen LogP contribution >= 0.6 is 0 Å². The lowest BCUT2D eigenvalue weighted by molar-refractivity contribution is 0.421. The maximum Gasteiger partial charge on any atom is 0.00699 e. The zero-order valence-electron chi connectivity index (χ0n) is 5.84. The third kappa shape index (κ3) is 0.787. The van der Waals surface area contributed by atoms with Gasteiger partial charge in [0.1, 0.15) is 0 Å². The van der Waals surface area contributed by atoms with Gasteiger partial charge < -0.3 is 5.73 Å². The monoisotopic (exact) mass is 125 g/mol. The zero-order valence-corrected chi connectivity index (χ0v) is 5.84. The highest BCUT2D eigenvalue weighted by Gasteiger charge is 2.36. The summed E-state index contributed by atoms with van der Waals surface area (Å²) in [6, 6.07) is 0.567. The number of hydrogen-bond acceptors (Lipinski definition) is 1. The molecule has 2 fully saturated rings. The summed E-state index contributed by atoms with van der Waals surface area (Å²) >= 11 is 0. The molecule has 2 N–H and O–H groups in total. The summed E-state index contributed by atoms with van der Waals surface area (Å²) in [4.78, 5) is 0. The molecule has 0 aromatic carbocycles. The molecule has 2 rings (SSSR count). The highest BCUT2D eigenvalue weighted by atomic mass is 14.7. The van der Waals surface area contributed by atoms with E-state index in [2.05, 4.69) is 0 Å². The first-order valence-corrected chi connectivity index (χ1v) is 4.13. The summed E-state index contributed by atoms with van der Waals surface area (Å²) in [5.41, 5.74) is 5.92. The van der Waals surface area contributed by atoms with E-state index in [1.165, 1.54) is 32.1 Å². The SMILES string of the molecule is N[C@H]1CC[C@@H]2CCC[C@@H]21.